The second kappa shape index (κ2) is 10.1. The third kappa shape index (κ3) is 4.76. The number of nitrogens with one attached hydrogen (secondary N) is 1. The molecule has 1 amide bonds. The van der Waals surface area contributed by atoms with E-state index in [1.54, 1.807) is 0 Å². The summed E-state index contributed by atoms with van der Waals surface area (Å²) in [5.41, 5.74) is 10.8. The van der Waals surface area contributed by atoms with E-state index in [0.29, 0.717) is 5.56 Å². The Bertz CT molecular complexity index is 1210. The summed E-state index contributed by atoms with van der Waals surface area (Å²) in [5, 5.41) is 0. The first-order chi connectivity index (χ1) is 18.0. The molecule has 2 fully saturated rings. The SMILES string of the molecule is NC(=O)c1ccc2c(c1)N(CCCN1CCCCC1)CC21CCN(c2nc3c(c(=O)[nH]2)CCCC3)CC1. The minimum atomic E-state index is -0.366. The molecule has 4 aliphatic rings. The summed E-state index contributed by atoms with van der Waals surface area (Å²) in [7, 11) is 0. The van der Waals surface area contributed by atoms with Crippen LogP contribution in [0.1, 0.15) is 78.5 Å². The molecule has 0 radical (unpaired) electrons. The first-order valence-corrected chi connectivity index (χ1v) is 14.3. The molecule has 0 bridgehead atoms. The number of aromatic amines is 1. The van der Waals surface area contributed by atoms with Crippen molar-refractivity contribution in [1.82, 2.24) is 14.9 Å². The molecule has 198 valence electrons. The number of benzene rings is 1. The van der Waals surface area contributed by atoms with E-state index in [9.17, 15) is 9.59 Å². The van der Waals surface area contributed by atoms with Gasteiger partial charge in [-0.3, -0.25) is 14.6 Å². The lowest BCUT2D eigenvalue weighted by atomic mass is 9.74. The highest BCUT2D eigenvalue weighted by atomic mass is 16.1. The van der Waals surface area contributed by atoms with E-state index in [-0.39, 0.29) is 16.9 Å². The lowest BCUT2D eigenvalue weighted by molar-refractivity contribution is 0.100. The molecular formula is C29H40N6O2. The molecule has 2 aromatic rings. The van der Waals surface area contributed by atoms with Crippen LogP contribution in [0.5, 0.6) is 0 Å². The summed E-state index contributed by atoms with van der Waals surface area (Å²) in [6.45, 7) is 7.28. The molecule has 1 aliphatic carbocycles. The van der Waals surface area contributed by atoms with Gasteiger partial charge in [0.05, 0.1) is 5.69 Å². The number of rotatable bonds is 6. The van der Waals surface area contributed by atoms with Crippen LogP contribution in [0.2, 0.25) is 0 Å². The minimum Gasteiger partial charge on any atom is -0.370 e. The van der Waals surface area contributed by atoms with Crippen molar-refractivity contribution in [3.8, 4) is 0 Å². The van der Waals surface area contributed by atoms with Crippen LogP contribution in [-0.4, -0.2) is 66.6 Å². The predicted octanol–water partition coefficient (Wildman–Crippen LogP) is 2.98. The monoisotopic (exact) mass is 504 g/mol. The maximum atomic E-state index is 12.7. The van der Waals surface area contributed by atoms with Crippen molar-refractivity contribution in [3.63, 3.8) is 0 Å². The number of piperidine rings is 2. The maximum Gasteiger partial charge on any atom is 0.255 e. The third-order valence-electron chi connectivity index (χ3n) is 9.24. The van der Waals surface area contributed by atoms with Gasteiger partial charge in [-0.15, -0.1) is 0 Å². The van der Waals surface area contributed by atoms with Crippen molar-refractivity contribution in [1.29, 1.82) is 0 Å². The molecule has 4 heterocycles. The molecule has 8 nitrogen and oxygen atoms in total. The number of aromatic nitrogens is 2. The Balaban J connectivity index is 1.19. The maximum absolute atomic E-state index is 12.7. The molecular weight excluding hydrogens is 464 g/mol. The smallest absolute Gasteiger partial charge is 0.255 e. The number of H-pyrrole nitrogens is 1. The molecule has 8 heteroatoms. The number of carbonyl (C=O) groups excluding carboxylic acids is 1. The number of amides is 1. The number of likely N-dealkylation sites (tertiary alicyclic amines) is 1. The van der Waals surface area contributed by atoms with Gasteiger partial charge in [0.2, 0.25) is 11.9 Å². The first-order valence-electron chi connectivity index (χ1n) is 14.3. The topological polar surface area (TPSA) is 98.6 Å². The van der Waals surface area contributed by atoms with Crippen LogP contribution in [0.3, 0.4) is 0 Å². The van der Waals surface area contributed by atoms with Gasteiger partial charge in [0.1, 0.15) is 0 Å². The van der Waals surface area contributed by atoms with Gasteiger partial charge in [-0.25, -0.2) is 4.98 Å². The highest BCUT2D eigenvalue weighted by molar-refractivity contribution is 5.94. The van der Waals surface area contributed by atoms with E-state index in [1.165, 1.54) is 43.6 Å². The van der Waals surface area contributed by atoms with Gasteiger partial charge in [-0.1, -0.05) is 12.5 Å². The van der Waals surface area contributed by atoms with Crippen LogP contribution in [0, 0.1) is 0 Å². The Morgan fingerprint density at radius 1 is 1.00 bits per heavy atom. The van der Waals surface area contributed by atoms with Crippen molar-refractivity contribution in [2.45, 2.75) is 69.6 Å². The molecule has 2 saturated heterocycles. The van der Waals surface area contributed by atoms with Crippen molar-refractivity contribution >= 4 is 17.5 Å². The number of anilines is 2. The highest BCUT2D eigenvalue weighted by Gasteiger charge is 2.45. The number of primary amides is 1. The zero-order valence-corrected chi connectivity index (χ0v) is 21.9. The lowest BCUT2D eigenvalue weighted by Gasteiger charge is -2.40. The van der Waals surface area contributed by atoms with E-state index in [2.05, 4.69) is 25.8 Å². The normalized spacial score (nSPS) is 21.2. The van der Waals surface area contributed by atoms with E-state index in [4.69, 9.17) is 10.7 Å². The fourth-order valence-corrected chi connectivity index (χ4v) is 7.11. The first kappa shape index (κ1) is 24.5. The molecule has 1 spiro atoms. The standard InChI is InChI=1S/C29H40N6O2/c30-26(36)21-9-10-23-25(19-21)35(16-6-15-33-13-4-1-5-14-33)20-29(23)11-17-34(18-12-29)28-31-24-8-3-2-7-22(24)27(37)32-28/h9-10,19H,1-8,11-18,20H2,(H2,30,36)(H,31,32,37). The average molecular weight is 505 g/mol. The largest absolute Gasteiger partial charge is 0.370 e. The van der Waals surface area contributed by atoms with Crippen LogP contribution in [0.4, 0.5) is 11.6 Å². The summed E-state index contributed by atoms with van der Waals surface area (Å²) in [5.74, 6) is 0.371. The summed E-state index contributed by atoms with van der Waals surface area (Å²) < 4.78 is 0. The van der Waals surface area contributed by atoms with Crippen LogP contribution in [-0.2, 0) is 18.3 Å². The van der Waals surface area contributed by atoms with Crippen molar-refractivity contribution in [3.05, 3.63) is 50.9 Å². The Hall–Kier alpha value is -2.87. The van der Waals surface area contributed by atoms with Crippen LogP contribution in [0.15, 0.2) is 23.0 Å². The number of carbonyl (C=O) groups is 1. The Morgan fingerprint density at radius 3 is 2.57 bits per heavy atom. The zero-order chi connectivity index (χ0) is 25.4. The van der Waals surface area contributed by atoms with Crippen LogP contribution in [0.25, 0.3) is 0 Å². The zero-order valence-electron chi connectivity index (χ0n) is 21.9. The van der Waals surface area contributed by atoms with Gasteiger partial charge in [0.15, 0.2) is 0 Å². The van der Waals surface area contributed by atoms with Crippen molar-refractivity contribution in [2.24, 2.45) is 5.73 Å². The highest BCUT2D eigenvalue weighted by Crippen LogP contribution is 2.47. The third-order valence-corrected chi connectivity index (χ3v) is 9.24. The molecule has 6 rings (SSSR count). The van der Waals surface area contributed by atoms with Crippen molar-refractivity contribution in [2.75, 3.05) is 55.6 Å². The van der Waals surface area contributed by atoms with Gasteiger partial charge in [0, 0.05) is 48.4 Å². The molecule has 3 N–H and O–H groups in total. The van der Waals surface area contributed by atoms with E-state index in [0.717, 1.165) is 94.9 Å². The van der Waals surface area contributed by atoms with Gasteiger partial charge in [-0.2, -0.15) is 0 Å². The second-order valence-electron chi connectivity index (χ2n) is 11.6. The quantitative estimate of drug-likeness (QED) is 0.628. The van der Waals surface area contributed by atoms with Gasteiger partial charge in [-0.05, 0) is 95.1 Å². The predicted molar refractivity (Wildman–Crippen MR) is 147 cm³/mol. The number of fused-ring (bicyclic) bond motifs is 3. The van der Waals surface area contributed by atoms with Crippen LogP contribution >= 0.6 is 0 Å². The fraction of sp³-hybridized carbons (Fsp3) is 0.621. The van der Waals surface area contributed by atoms with E-state index >= 15 is 0 Å². The Kier molecular flexibility index (Phi) is 6.69. The van der Waals surface area contributed by atoms with Gasteiger partial charge in [0.25, 0.3) is 5.56 Å². The molecule has 1 aromatic heterocycles. The summed E-state index contributed by atoms with van der Waals surface area (Å²) in [6, 6.07) is 6.06. The minimum absolute atomic E-state index is 0.0464. The summed E-state index contributed by atoms with van der Waals surface area (Å²) in [4.78, 5) is 40.0. The average Bonchev–Trinajstić information content (AvgIpc) is 3.22. The van der Waals surface area contributed by atoms with Gasteiger partial charge >= 0.3 is 0 Å². The number of aryl methyl sites for hydroxylation is 1. The molecule has 0 saturated carbocycles. The number of hydrogen-bond donors (Lipinski definition) is 2. The van der Waals surface area contributed by atoms with Gasteiger partial charge < -0.3 is 20.4 Å². The fourth-order valence-electron chi connectivity index (χ4n) is 7.11. The van der Waals surface area contributed by atoms with E-state index in [1.807, 2.05) is 12.1 Å². The molecule has 0 atom stereocenters. The van der Waals surface area contributed by atoms with Crippen LogP contribution < -0.4 is 21.1 Å². The van der Waals surface area contributed by atoms with E-state index < -0.39 is 0 Å². The lowest BCUT2D eigenvalue weighted by Crippen LogP contribution is -2.46. The number of nitrogens with two attached hydrogens (primary N) is 1. The summed E-state index contributed by atoms with van der Waals surface area (Å²) >= 11 is 0. The molecule has 3 aliphatic heterocycles. The Labute approximate surface area is 219 Å². The number of hydrogen-bond acceptors (Lipinski definition) is 6. The number of nitrogens with zero attached hydrogens (tertiary/aromatic N) is 4. The molecule has 0 unspecified atom stereocenters. The molecule has 37 heavy (non-hydrogen) atoms. The van der Waals surface area contributed by atoms with Crippen molar-refractivity contribution < 1.29 is 4.79 Å². The Morgan fingerprint density at radius 2 is 1.78 bits per heavy atom. The summed E-state index contributed by atoms with van der Waals surface area (Å²) in [6.07, 6.45) is 11.1. The second-order valence-corrected chi connectivity index (χ2v) is 11.6. The molecule has 1 aromatic carbocycles.